The van der Waals surface area contributed by atoms with Gasteiger partial charge in [-0.3, -0.25) is 4.98 Å². The molecule has 1 aliphatic carbocycles. The predicted molar refractivity (Wildman–Crippen MR) is 64.8 cm³/mol. The number of aromatic nitrogens is 1. The lowest BCUT2D eigenvalue weighted by molar-refractivity contribution is -0.0985. The maximum absolute atomic E-state index is 6.20. The highest BCUT2D eigenvalue weighted by atomic mass is 16.5. The molecule has 3 nitrogen and oxygen atoms in total. The zero-order chi connectivity index (χ0) is 11.2. The molecular weight excluding hydrogens is 212 g/mol. The van der Waals surface area contributed by atoms with Crippen molar-refractivity contribution in [2.75, 3.05) is 19.6 Å². The maximum atomic E-state index is 6.20. The van der Waals surface area contributed by atoms with E-state index in [2.05, 4.69) is 9.88 Å². The van der Waals surface area contributed by atoms with Crippen LogP contribution in [0.5, 0.6) is 5.75 Å². The smallest absolute Gasteiger partial charge is 0.138 e. The van der Waals surface area contributed by atoms with Gasteiger partial charge in [-0.1, -0.05) is 0 Å². The number of rotatable bonds is 2. The highest BCUT2D eigenvalue weighted by Gasteiger charge is 2.48. The van der Waals surface area contributed by atoms with E-state index in [1.54, 1.807) is 6.20 Å². The molecule has 2 unspecified atom stereocenters. The van der Waals surface area contributed by atoms with Crippen molar-refractivity contribution in [3.05, 3.63) is 24.5 Å². The number of hydrogen-bond donors (Lipinski definition) is 0. The van der Waals surface area contributed by atoms with E-state index in [4.69, 9.17) is 4.74 Å². The van der Waals surface area contributed by atoms with Crippen molar-refractivity contribution in [2.45, 2.75) is 18.9 Å². The zero-order valence-electron chi connectivity index (χ0n) is 9.96. The van der Waals surface area contributed by atoms with E-state index in [-0.39, 0.29) is 0 Å². The summed E-state index contributed by atoms with van der Waals surface area (Å²) in [5, 5.41) is 0. The van der Waals surface area contributed by atoms with E-state index < -0.39 is 0 Å². The van der Waals surface area contributed by atoms with E-state index in [9.17, 15) is 0 Å². The lowest BCUT2D eigenvalue weighted by Crippen LogP contribution is -2.61. The molecule has 4 heterocycles. The number of ether oxygens (including phenoxy) is 1. The van der Waals surface area contributed by atoms with E-state index >= 15 is 0 Å². The molecule has 1 aromatic heterocycles. The SMILES string of the molecule is c1cncc(OC2C3CC4CC2CN(C4)C3)c1. The van der Waals surface area contributed by atoms with Gasteiger partial charge in [0.1, 0.15) is 11.9 Å². The van der Waals surface area contributed by atoms with Crippen LogP contribution in [-0.4, -0.2) is 35.6 Å². The average molecular weight is 230 g/mol. The zero-order valence-corrected chi connectivity index (χ0v) is 9.96. The van der Waals surface area contributed by atoms with Crippen molar-refractivity contribution in [3.8, 4) is 5.75 Å². The Bertz CT molecular complexity index is 378. The van der Waals surface area contributed by atoms with Crippen LogP contribution < -0.4 is 4.74 Å². The highest BCUT2D eigenvalue weighted by Crippen LogP contribution is 2.44. The Morgan fingerprint density at radius 1 is 1.18 bits per heavy atom. The molecule has 0 N–H and O–H groups in total. The molecule has 17 heavy (non-hydrogen) atoms. The maximum Gasteiger partial charge on any atom is 0.138 e. The van der Waals surface area contributed by atoms with Crippen molar-refractivity contribution in [2.24, 2.45) is 17.8 Å². The Morgan fingerprint density at radius 3 is 2.65 bits per heavy atom. The Labute approximate surface area is 102 Å². The third-order valence-corrected chi connectivity index (χ3v) is 4.61. The minimum absolute atomic E-state index is 0.437. The summed E-state index contributed by atoms with van der Waals surface area (Å²) in [5.41, 5.74) is 0. The van der Waals surface area contributed by atoms with Gasteiger partial charge >= 0.3 is 0 Å². The molecule has 2 atom stereocenters. The van der Waals surface area contributed by atoms with Crippen LogP contribution in [0.2, 0.25) is 0 Å². The second-order valence-corrected chi connectivity index (χ2v) is 5.85. The van der Waals surface area contributed by atoms with E-state index in [0.717, 1.165) is 23.5 Å². The summed E-state index contributed by atoms with van der Waals surface area (Å²) in [4.78, 5) is 6.77. The normalized spacial score (nSPS) is 42.7. The molecule has 90 valence electrons. The molecule has 4 aliphatic rings. The number of pyridine rings is 1. The molecule has 3 saturated heterocycles. The molecule has 0 aromatic carbocycles. The van der Waals surface area contributed by atoms with Crippen LogP contribution in [0.25, 0.3) is 0 Å². The van der Waals surface area contributed by atoms with Crippen LogP contribution in [-0.2, 0) is 0 Å². The number of piperidine rings is 3. The van der Waals surface area contributed by atoms with Gasteiger partial charge in [0.25, 0.3) is 0 Å². The summed E-state index contributed by atoms with van der Waals surface area (Å²) < 4.78 is 6.20. The fourth-order valence-electron chi connectivity index (χ4n) is 4.13. The first-order chi connectivity index (χ1) is 8.38. The third kappa shape index (κ3) is 1.64. The highest BCUT2D eigenvalue weighted by molar-refractivity contribution is 5.17. The van der Waals surface area contributed by atoms with Crippen molar-refractivity contribution < 1.29 is 4.74 Å². The molecule has 3 aliphatic heterocycles. The monoisotopic (exact) mass is 230 g/mol. The van der Waals surface area contributed by atoms with Crippen LogP contribution in [0.15, 0.2) is 24.5 Å². The lowest BCUT2D eigenvalue weighted by Gasteiger charge is -2.55. The van der Waals surface area contributed by atoms with Gasteiger partial charge in [0.05, 0.1) is 6.20 Å². The standard InChI is InChI=1S/C14H18N2O/c1-2-13(6-15-3-1)17-14-11-4-10-5-12(14)9-16(7-10)8-11/h1-3,6,10-12,14H,4-5,7-9H2. The summed E-state index contributed by atoms with van der Waals surface area (Å²) in [7, 11) is 0. The molecule has 4 bridgehead atoms. The predicted octanol–water partition coefficient (Wildman–Crippen LogP) is 1.80. The summed E-state index contributed by atoms with van der Waals surface area (Å²) in [5.74, 6) is 3.39. The minimum atomic E-state index is 0.437. The van der Waals surface area contributed by atoms with Gasteiger partial charge in [-0.05, 0) is 30.9 Å². The molecule has 1 saturated carbocycles. The summed E-state index contributed by atoms with van der Waals surface area (Å²) in [6.45, 7) is 3.84. The van der Waals surface area contributed by atoms with Crippen LogP contribution >= 0.6 is 0 Å². The molecule has 0 radical (unpaired) electrons. The van der Waals surface area contributed by atoms with Crippen LogP contribution in [0.3, 0.4) is 0 Å². The Balaban J connectivity index is 1.55. The average Bonchev–Trinajstić information content (AvgIpc) is 2.34. The first-order valence-corrected chi connectivity index (χ1v) is 6.67. The van der Waals surface area contributed by atoms with Gasteiger partial charge in [0.15, 0.2) is 0 Å². The Hall–Kier alpha value is -1.09. The molecule has 0 spiro atoms. The number of nitrogens with zero attached hydrogens (tertiary/aromatic N) is 2. The van der Waals surface area contributed by atoms with Crippen molar-refractivity contribution in [3.63, 3.8) is 0 Å². The van der Waals surface area contributed by atoms with Crippen molar-refractivity contribution in [1.82, 2.24) is 9.88 Å². The van der Waals surface area contributed by atoms with Gasteiger partial charge < -0.3 is 9.64 Å². The Morgan fingerprint density at radius 2 is 2.00 bits per heavy atom. The van der Waals surface area contributed by atoms with Crippen molar-refractivity contribution >= 4 is 0 Å². The first kappa shape index (κ1) is 9.89. The summed E-state index contributed by atoms with van der Waals surface area (Å²) >= 11 is 0. The van der Waals surface area contributed by atoms with Crippen LogP contribution in [0, 0.1) is 17.8 Å². The third-order valence-electron chi connectivity index (χ3n) is 4.61. The number of hydrogen-bond acceptors (Lipinski definition) is 3. The van der Waals surface area contributed by atoms with Gasteiger partial charge in [-0.15, -0.1) is 0 Å². The summed E-state index contributed by atoms with van der Waals surface area (Å²) in [6.07, 6.45) is 6.82. The molecule has 3 heteroatoms. The first-order valence-electron chi connectivity index (χ1n) is 6.67. The van der Waals surface area contributed by atoms with E-state index in [1.165, 1.54) is 32.5 Å². The quantitative estimate of drug-likeness (QED) is 0.774. The van der Waals surface area contributed by atoms with Crippen molar-refractivity contribution in [1.29, 1.82) is 0 Å². The van der Waals surface area contributed by atoms with Gasteiger partial charge in [-0.2, -0.15) is 0 Å². The second kappa shape index (κ2) is 3.70. The molecule has 4 fully saturated rings. The van der Waals surface area contributed by atoms with Gasteiger partial charge in [-0.25, -0.2) is 0 Å². The van der Waals surface area contributed by atoms with Gasteiger partial charge in [0, 0.05) is 37.7 Å². The van der Waals surface area contributed by atoms with E-state index in [1.807, 2.05) is 18.3 Å². The molecular formula is C14H18N2O. The lowest BCUT2D eigenvalue weighted by atomic mass is 9.66. The minimum Gasteiger partial charge on any atom is -0.488 e. The van der Waals surface area contributed by atoms with Gasteiger partial charge in [0.2, 0.25) is 0 Å². The molecule has 1 aromatic rings. The van der Waals surface area contributed by atoms with Crippen LogP contribution in [0.4, 0.5) is 0 Å². The van der Waals surface area contributed by atoms with E-state index in [0.29, 0.717) is 6.10 Å². The fourth-order valence-corrected chi connectivity index (χ4v) is 4.13. The fraction of sp³-hybridized carbons (Fsp3) is 0.643. The summed E-state index contributed by atoms with van der Waals surface area (Å²) in [6, 6.07) is 3.98. The molecule has 0 amide bonds. The molecule has 5 rings (SSSR count). The Kier molecular flexibility index (Phi) is 2.15. The largest absolute Gasteiger partial charge is 0.488 e. The topological polar surface area (TPSA) is 25.4 Å². The second-order valence-electron chi connectivity index (χ2n) is 5.85. The van der Waals surface area contributed by atoms with Crippen LogP contribution in [0.1, 0.15) is 12.8 Å².